The van der Waals surface area contributed by atoms with Crippen LogP contribution in [0.3, 0.4) is 0 Å². The van der Waals surface area contributed by atoms with Gasteiger partial charge >= 0.3 is 6.03 Å². The average Bonchev–Trinajstić information content (AvgIpc) is 2.34. The van der Waals surface area contributed by atoms with E-state index in [9.17, 15) is 4.79 Å². The first kappa shape index (κ1) is 14.8. The molecule has 1 aromatic rings. The molecule has 0 aromatic heterocycles. The Balaban J connectivity index is 2.48. The Bertz CT molecular complexity index is 412. The zero-order valence-electron chi connectivity index (χ0n) is 10.5. The number of amides is 2. The number of benzene rings is 1. The number of nitrogens with one attached hydrogen (secondary N) is 2. The molecule has 0 radical (unpaired) electrons. The van der Waals surface area contributed by atoms with E-state index in [0.717, 1.165) is 15.8 Å². The lowest BCUT2D eigenvalue weighted by molar-refractivity contribution is 0.249. The standard InChI is InChI=1S/C12H18BrN3O2/c1-8(15-5-6-16-12(14)17)9-3-4-11(18-2)10(13)7-9/h3-4,7-8,15H,5-6H2,1-2H3,(H3,14,16,17). The monoisotopic (exact) mass is 315 g/mol. The zero-order valence-corrected chi connectivity index (χ0v) is 12.1. The second-order valence-electron chi connectivity index (χ2n) is 3.86. The van der Waals surface area contributed by atoms with E-state index in [4.69, 9.17) is 10.5 Å². The van der Waals surface area contributed by atoms with Crippen LogP contribution in [0, 0.1) is 0 Å². The number of hydrogen-bond acceptors (Lipinski definition) is 3. The molecule has 18 heavy (non-hydrogen) atoms. The third-order valence-electron chi connectivity index (χ3n) is 2.55. The Kier molecular flexibility index (Phi) is 5.94. The van der Waals surface area contributed by atoms with Crippen LogP contribution in [0.5, 0.6) is 5.75 Å². The van der Waals surface area contributed by atoms with Gasteiger partial charge in [-0.25, -0.2) is 4.79 Å². The fraction of sp³-hybridized carbons (Fsp3) is 0.417. The Morgan fingerprint density at radius 3 is 2.78 bits per heavy atom. The van der Waals surface area contributed by atoms with E-state index < -0.39 is 6.03 Å². The van der Waals surface area contributed by atoms with Gasteiger partial charge in [0.15, 0.2) is 0 Å². The lowest BCUT2D eigenvalue weighted by Crippen LogP contribution is -2.36. The van der Waals surface area contributed by atoms with Crippen molar-refractivity contribution in [3.05, 3.63) is 28.2 Å². The van der Waals surface area contributed by atoms with E-state index in [1.807, 2.05) is 18.2 Å². The van der Waals surface area contributed by atoms with Gasteiger partial charge in [0.1, 0.15) is 5.75 Å². The molecule has 1 atom stereocenters. The van der Waals surface area contributed by atoms with Gasteiger partial charge in [-0.15, -0.1) is 0 Å². The average molecular weight is 316 g/mol. The van der Waals surface area contributed by atoms with Crippen molar-refractivity contribution in [2.24, 2.45) is 5.73 Å². The highest BCUT2D eigenvalue weighted by Crippen LogP contribution is 2.27. The first-order valence-corrected chi connectivity index (χ1v) is 6.44. The number of ether oxygens (including phenoxy) is 1. The van der Waals surface area contributed by atoms with Crippen LogP contribution in [0.15, 0.2) is 22.7 Å². The number of primary amides is 1. The summed E-state index contributed by atoms with van der Waals surface area (Å²) in [6.45, 7) is 3.23. The molecule has 4 N–H and O–H groups in total. The van der Waals surface area contributed by atoms with Crippen molar-refractivity contribution < 1.29 is 9.53 Å². The van der Waals surface area contributed by atoms with Crippen LogP contribution in [0.4, 0.5) is 4.79 Å². The Hall–Kier alpha value is -1.27. The van der Waals surface area contributed by atoms with E-state index >= 15 is 0 Å². The first-order chi connectivity index (χ1) is 8.54. The Labute approximate surface area is 115 Å². The highest BCUT2D eigenvalue weighted by molar-refractivity contribution is 9.10. The summed E-state index contributed by atoms with van der Waals surface area (Å²) in [5.74, 6) is 0.807. The summed E-state index contributed by atoms with van der Waals surface area (Å²) in [7, 11) is 1.64. The highest BCUT2D eigenvalue weighted by atomic mass is 79.9. The summed E-state index contributed by atoms with van der Waals surface area (Å²) in [5.41, 5.74) is 6.11. The lowest BCUT2D eigenvalue weighted by Gasteiger charge is -2.15. The van der Waals surface area contributed by atoms with E-state index in [0.29, 0.717) is 13.1 Å². The van der Waals surface area contributed by atoms with Crippen molar-refractivity contribution in [2.75, 3.05) is 20.2 Å². The Morgan fingerprint density at radius 2 is 2.22 bits per heavy atom. The highest BCUT2D eigenvalue weighted by Gasteiger charge is 2.07. The number of hydrogen-bond donors (Lipinski definition) is 3. The minimum atomic E-state index is -0.503. The number of carbonyl (C=O) groups is 1. The van der Waals surface area contributed by atoms with Gasteiger partial charge in [-0.2, -0.15) is 0 Å². The summed E-state index contributed by atoms with van der Waals surface area (Å²) < 4.78 is 6.10. The summed E-state index contributed by atoms with van der Waals surface area (Å²) in [4.78, 5) is 10.5. The molecule has 0 spiro atoms. The maximum absolute atomic E-state index is 10.5. The fourth-order valence-electron chi connectivity index (χ4n) is 1.54. The van der Waals surface area contributed by atoms with Gasteiger partial charge in [0, 0.05) is 19.1 Å². The lowest BCUT2D eigenvalue weighted by atomic mass is 10.1. The summed E-state index contributed by atoms with van der Waals surface area (Å²) >= 11 is 3.45. The van der Waals surface area contributed by atoms with Crippen LogP contribution in [0.25, 0.3) is 0 Å². The van der Waals surface area contributed by atoms with Gasteiger partial charge in [0.25, 0.3) is 0 Å². The van der Waals surface area contributed by atoms with Gasteiger partial charge in [-0.05, 0) is 40.5 Å². The van der Waals surface area contributed by atoms with E-state index in [-0.39, 0.29) is 6.04 Å². The first-order valence-electron chi connectivity index (χ1n) is 5.64. The SMILES string of the molecule is COc1ccc(C(C)NCCNC(N)=O)cc1Br. The smallest absolute Gasteiger partial charge is 0.312 e. The molecule has 0 aliphatic rings. The van der Waals surface area contributed by atoms with Crippen molar-refractivity contribution in [3.63, 3.8) is 0 Å². The molecule has 0 bridgehead atoms. The zero-order chi connectivity index (χ0) is 13.5. The number of nitrogens with two attached hydrogens (primary N) is 1. The molecule has 0 heterocycles. The van der Waals surface area contributed by atoms with Crippen LogP contribution in [-0.4, -0.2) is 26.2 Å². The van der Waals surface area contributed by atoms with Gasteiger partial charge in [0.05, 0.1) is 11.6 Å². The molecule has 5 nitrogen and oxygen atoms in total. The largest absolute Gasteiger partial charge is 0.496 e. The van der Waals surface area contributed by atoms with E-state index in [2.05, 4.69) is 33.5 Å². The fourth-order valence-corrected chi connectivity index (χ4v) is 2.10. The molecule has 1 aromatic carbocycles. The second kappa shape index (κ2) is 7.23. The van der Waals surface area contributed by atoms with E-state index in [1.54, 1.807) is 7.11 Å². The van der Waals surface area contributed by atoms with Crippen molar-refractivity contribution in [2.45, 2.75) is 13.0 Å². The molecule has 1 unspecified atom stereocenters. The minimum Gasteiger partial charge on any atom is -0.496 e. The van der Waals surface area contributed by atoms with Crippen LogP contribution in [-0.2, 0) is 0 Å². The molecule has 0 saturated carbocycles. The molecule has 0 aliphatic heterocycles. The summed E-state index contributed by atoms with van der Waals surface area (Å²) in [6, 6.07) is 5.61. The summed E-state index contributed by atoms with van der Waals surface area (Å²) in [6.07, 6.45) is 0. The minimum absolute atomic E-state index is 0.182. The molecule has 0 aliphatic carbocycles. The number of halogens is 1. The maximum Gasteiger partial charge on any atom is 0.312 e. The molecule has 100 valence electrons. The summed E-state index contributed by atoms with van der Waals surface area (Å²) in [5, 5.41) is 5.82. The number of methoxy groups -OCH3 is 1. The molecule has 1 rings (SSSR count). The number of rotatable bonds is 6. The van der Waals surface area contributed by atoms with Crippen molar-refractivity contribution >= 4 is 22.0 Å². The molecule has 6 heteroatoms. The van der Waals surface area contributed by atoms with Gasteiger partial charge < -0.3 is 21.1 Å². The number of carbonyl (C=O) groups excluding carboxylic acids is 1. The predicted octanol–water partition coefficient (Wildman–Crippen LogP) is 1.78. The molecular formula is C12H18BrN3O2. The van der Waals surface area contributed by atoms with Crippen LogP contribution >= 0.6 is 15.9 Å². The predicted molar refractivity (Wildman–Crippen MR) is 74.7 cm³/mol. The third-order valence-corrected chi connectivity index (χ3v) is 3.17. The van der Waals surface area contributed by atoms with Gasteiger partial charge in [-0.1, -0.05) is 6.07 Å². The normalized spacial score (nSPS) is 11.9. The topological polar surface area (TPSA) is 76.4 Å². The molecular weight excluding hydrogens is 298 g/mol. The van der Waals surface area contributed by atoms with Crippen LogP contribution < -0.4 is 21.1 Å². The van der Waals surface area contributed by atoms with Gasteiger partial charge in [0.2, 0.25) is 0 Å². The molecule has 0 saturated heterocycles. The quantitative estimate of drug-likeness (QED) is 0.700. The Morgan fingerprint density at radius 1 is 1.50 bits per heavy atom. The third kappa shape index (κ3) is 4.54. The van der Waals surface area contributed by atoms with Crippen LogP contribution in [0.1, 0.15) is 18.5 Å². The van der Waals surface area contributed by atoms with E-state index in [1.165, 1.54) is 0 Å². The van der Waals surface area contributed by atoms with Crippen molar-refractivity contribution in [1.82, 2.24) is 10.6 Å². The second-order valence-corrected chi connectivity index (χ2v) is 4.72. The molecule has 2 amide bonds. The van der Waals surface area contributed by atoms with Crippen molar-refractivity contribution in [3.8, 4) is 5.75 Å². The molecule has 0 fully saturated rings. The maximum atomic E-state index is 10.5. The van der Waals surface area contributed by atoms with Gasteiger partial charge in [-0.3, -0.25) is 0 Å². The van der Waals surface area contributed by atoms with Crippen LogP contribution in [0.2, 0.25) is 0 Å². The van der Waals surface area contributed by atoms with Crippen molar-refractivity contribution in [1.29, 1.82) is 0 Å². The number of urea groups is 1.